The fraction of sp³-hybridized carbons (Fsp3) is 0.200. The third-order valence-corrected chi connectivity index (χ3v) is 6.40. The summed E-state index contributed by atoms with van der Waals surface area (Å²) in [4.78, 5) is 16.3. The Hall–Kier alpha value is -3.65. The molecule has 170 valence electrons. The van der Waals surface area contributed by atoms with Gasteiger partial charge in [-0.3, -0.25) is 9.52 Å². The first-order valence-corrected chi connectivity index (χ1v) is 12.4. The SMILES string of the molecule is CCOC(=O)CCS(=O)(=O)Nc1cccc(-c2nc3ccccc3n2Cc2ccccc2)c1. The number of nitrogens with one attached hydrogen (secondary N) is 1. The van der Waals surface area contributed by atoms with Crippen molar-refractivity contribution in [2.24, 2.45) is 0 Å². The number of hydrogen-bond acceptors (Lipinski definition) is 5. The number of sulfonamides is 1. The van der Waals surface area contributed by atoms with E-state index < -0.39 is 16.0 Å². The predicted octanol–water partition coefficient (Wildman–Crippen LogP) is 4.45. The number of anilines is 1. The summed E-state index contributed by atoms with van der Waals surface area (Å²) in [6, 6.07) is 25.1. The van der Waals surface area contributed by atoms with E-state index in [1.54, 1.807) is 25.1 Å². The van der Waals surface area contributed by atoms with Crippen molar-refractivity contribution in [1.82, 2.24) is 9.55 Å². The number of fused-ring (bicyclic) bond motifs is 1. The third kappa shape index (κ3) is 5.59. The second-order valence-electron chi connectivity index (χ2n) is 7.55. The zero-order chi connectivity index (χ0) is 23.3. The zero-order valence-electron chi connectivity index (χ0n) is 18.3. The second-order valence-corrected chi connectivity index (χ2v) is 9.39. The van der Waals surface area contributed by atoms with E-state index in [-0.39, 0.29) is 18.8 Å². The Kier molecular flexibility index (Phi) is 6.74. The molecule has 1 aromatic heterocycles. The molecule has 0 unspecified atom stereocenters. The molecule has 0 aliphatic heterocycles. The van der Waals surface area contributed by atoms with Crippen molar-refractivity contribution in [2.45, 2.75) is 19.9 Å². The van der Waals surface area contributed by atoms with Crippen LogP contribution in [0.5, 0.6) is 0 Å². The molecule has 0 aliphatic rings. The van der Waals surface area contributed by atoms with E-state index in [4.69, 9.17) is 9.72 Å². The van der Waals surface area contributed by atoms with Gasteiger partial charge >= 0.3 is 5.97 Å². The number of hydrogen-bond donors (Lipinski definition) is 1. The van der Waals surface area contributed by atoms with Crippen LogP contribution in [-0.4, -0.2) is 36.3 Å². The van der Waals surface area contributed by atoms with Crippen LogP contribution in [0.2, 0.25) is 0 Å². The molecule has 1 heterocycles. The maximum Gasteiger partial charge on any atom is 0.306 e. The van der Waals surface area contributed by atoms with Crippen molar-refractivity contribution in [3.63, 3.8) is 0 Å². The Balaban J connectivity index is 1.64. The first kappa shape index (κ1) is 22.5. The predicted molar refractivity (Wildman–Crippen MR) is 129 cm³/mol. The van der Waals surface area contributed by atoms with Gasteiger partial charge in [0, 0.05) is 17.8 Å². The highest BCUT2D eigenvalue weighted by Crippen LogP contribution is 2.28. The molecule has 0 bridgehead atoms. The Labute approximate surface area is 193 Å². The first-order chi connectivity index (χ1) is 15.9. The molecule has 0 radical (unpaired) electrons. The molecule has 0 saturated carbocycles. The van der Waals surface area contributed by atoms with Crippen molar-refractivity contribution in [3.05, 3.63) is 84.4 Å². The minimum Gasteiger partial charge on any atom is -0.466 e. The van der Waals surface area contributed by atoms with Crippen LogP contribution in [0.1, 0.15) is 18.9 Å². The molecule has 3 aromatic carbocycles. The van der Waals surface area contributed by atoms with Gasteiger partial charge in [-0.1, -0.05) is 54.6 Å². The summed E-state index contributed by atoms with van der Waals surface area (Å²) >= 11 is 0. The van der Waals surface area contributed by atoms with Crippen LogP contribution in [0.4, 0.5) is 5.69 Å². The molecule has 1 N–H and O–H groups in total. The van der Waals surface area contributed by atoms with Crippen LogP contribution in [0.15, 0.2) is 78.9 Å². The average Bonchev–Trinajstić information content (AvgIpc) is 3.17. The lowest BCUT2D eigenvalue weighted by molar-refractivity contribution is -0.142. The third-order valence-electron chi connectivity index (χ3n) is 5.11. The summed E-state index contributed by atoms with van der Waals surface area (Å²) in [6.07, 6.45) is -0.199. The molecule has 7 nitrogen and oxygen atoms in total. The quantitative estimate of drug-likeness (QED) is 0.371. The van der Waals surface area contributed by atoms with Crippen molar-refractivity contribution in [2.75, 3.05) is 17.1 Å². The molecule has 4 rings (SSSR count). The number of nitrogens with zero attached hydrogens (tertiary/aromatic N) is 2. The molecule has 0 saturated heterocycles. The highest BCUT2D eigenvalue weighted by Gasteiger charge is 2.16. The molecule has 8 heteroatoms. The fourth-order valence-corrected chi connectivity index (χ4v) is 4.65. The molecular formula is C25H25N3O4S. The van der Waals surface area contributed by atoms with Gasteiger partial charge in [0.2, 0.25) is 10.0 Å². The maximum atomic E-state index is 12.5. The van der Waals surface area contributed by atoms with Crippen molar-refractivity contribution in [3.8, 4) is 11.4 Å². The fourth-order valence-electron chi connectivity index (χ4n) is 3.63. The van der Waals surface area contributed by atoms with E-state index in [0.717, 1.165) is 28.0 Å². The van der Waals surface area contributed by atoms with E-state index >= 15 is 0 Å². The Morgan fingerprint density at radius 1 is 1.00 bits per heavy atom. The number of carbonyl (C=O) groups excluding carboxylic acids is 1. The summed E-state index contributed by atoms with van der Waals surface area (Å²) < 4.78 is 34.4. The summed E-state index contributed by atoms with van der Waals surface area (Å²) in [6.45, 7) is 2.53. The number of aromatic nitrogens is 2. The minimum absolute atomic E-state index is 0.199. The molecule has 33 heavy (non-hydrogen) atoms. The molecule has 0 aliphatic carbocycles. The highest BCUT2D eigenvalue weighted by molar-refractivity contribution is 7.92. The van der Waals surface area contributed by atoms with Gasteiger partial charge < -0.3 is 9.30 Å². The van der Waals surface area contributed by atoms with Gasteiger partial charge in [-0.15, -0.1) is 0 Å². The Morgan fingerprint density at radius 2 is 1.76 bits per heavy atom. The van der Waals surface area contributed by atoms with Gasteiger partial charge in [-0.25, -0.2) is 13.4 Å². The zero-order valence-corrected chi connectivity index (χ0v) is 19.1. The van der Waals surface area contributed by atoms with Crippen LogP contribution in [-0.2, 0) is 26.1 Å². The molecule has 0 fully saturated rings. The van der Waals surface area contributed by atoms with Crippen molar-refractivity contribution in [1.29, 1.82) is 0 Å². The first-order valence-electron chi connectivity index (χ1n) is 10.7. The summed E-state index contributed by atoms with van der Waals surface area (Å²) in [5.41, 5.74) is 4.20. The second kappa shape index (κ2) is 9.87. The van der Waals surface area contributed by atoms with Gasteiger partial charge in [0.15, 0.2) is 0 Å². The molecule has 0 atom stereocenters. The van der Waals surface area contributed by atoms with E-state index in [0.29, 0.717) is 12.2 Å². The van der Waals surface area contributed by atoms with E-state index in [1.165, 1.54) is 0 Å². The monoisotopic (exact) mass is 463 g/mol. The van der Waals surface area contributed by atoms with Crippen LogP contribution >= 0.6 is 0 Å². The van der Waals surface area contributed by atoms with Crippen LogP contribution in [0, 0.1) is 0 Å². The smallest absolute Gasteiger partial charge is 0.306 e. The number of rotatable bonds is 9. The number of ether oxygens (including phenoxy) is 1. The average molecular weight is 464 g/mol. The number of benzene rings is 3. The number of carbonyl (C=O) groups is 1. The minimum atomic E-state index is -3.71. The van der Waals surface area contributed by atoms with E-state index in [1.807, 2.05) is 48.5 Å². The summed E-state index contributed by atoms with van der Waals surface area (Å²) in [5, 5.41) is 0. The van der Waals surface area contributed by atoms with Crippen molar-refractivity contribution < 1.29 is 17.9 Å². The standard InChI is InChI=1S/C25H25N3O4S/c1-2-32-24(29)15-16-33(30,31)27-21-12-8-11-20(17-21)25-26-22-13-6-7-14-23(22)28(25)18-19-9-4-3-5-10-19/h3-14,17,27H,2,15-16,18H2,1H3. The Bertz CT molecular complexity index is 1360. The molecule has 0 spiro atoms. The maximum absolute atomic E-state index is 12.5. The van der Waals surface area contributed by atoms with E-state index in [2.05, 4.69) is 21.4 Å². The largest absolute Gasteiger partial charge is 0.466 e. The molecular weight excluding hydrogens is 438 g/mol. The molecule has 4 aromatic rings. The van der Waals surface area contributed by atoms with Crippen molar-refractivity contribution >= 4 is 32.7 Å². The lowest BCUT2D eigenvalue weighted by atomic mass is 10.1. The normalized spacial score (nSPS) is 11.4. The number of esters is 1. The van der Waals surface area contributed by atoms with Crippen LogP contribution in [0.25, 0.3) is 22.4 Å². The van der Waals surface area contributed by atoms with Gasteiger partial charge in [0.25, 0.3) is 0 Å². The van der Waals surface area contributed by atoms with Crippen LogP contribution in [0.3, 0.4) is 0 Å². The topological polar surface area (TPSA) is 90.3 Å². The lowest BCUT2D eigenvalue weighted by Crippen LogP contribution is -2.20. The number of imidazole rings is 1. The molecule has 0 amide bonds. The highest BCUT2D eigenvalue weighted by atomic mass is 32.2. The summed E-state index contributed by atoms with van der Waals surface area (Å²) in [7, 11) is -3.71. The van der Waals surface area contributed by atoms with Crippen LogP contribution < -0.4 is 4.72 Å². The van der Waals surface area contributed by atoms with Gasteiger partial charge in [0.05, 0.1) is 29.8 Å². The van der Waals surface area contributed by atoms with Gasteiger partial charge in [-0.2, -0.15) is 0 Å². The summed E-state index contributed by atoms with van der Waals surface area (Å²) in [5.74, 6) is -0.137. The van der Waals surface area contributed by atoms with Gasteiger partial charge in [-0.05, 0) is 36.8 Å². The van der Waals surface area contributed by atoms with E-state index in [9.17, 15) is 13.2 Å². The van der Waals surface area contributed by atoms with Gasteiger partial charge in [0.1, 0.15) is 5.82 Å². The Morgan fingerprint density at radius 3 is 2.55 bits per heavy atom. The lowest BCUT2D eigenvalue weighted by Gasteiger charge is -2.12. The number of para-hydroxylation sites is 2.